The van der Waals surface area contributed by atoms with Gasteiger partial charge in [0, 0.05) is 32.2 Å². The van der Waals surface area contributed by atoms with Crippen molar-refractivity contribution in [2.24, 2.45) is 10.7 Å². The van der Waals surface area contributed by atoms with Crippen LogP contribution in [0.15, 0.2) is 35.3 Å². The number of sulfone groups is 1. The van der Waals surface area contributed by atoms with E-state index in [0.717, 1.165) is 21.9 Å². The largest absolute Gasteiger partial charge is 0.386 e. The molecular weight excluding hydrogens is 388 g/mol. The third-order valence-corrected chi connectivity index (χ3v) is 9.86. The summed E-state index contributed by atoms with van der Waals surface area (Å²) in [6, 6.07) is 10.6. The first kappa shape index (κ1) is 17.7. The number of thiophene rings is 1. The standard InChI is InChI=1S/C22H20N2O2S2/c1-4-5-13-6-7-18-15(8-13)16-10-17-14(9-19(16)27-18)11-22(17)12-28(25,26)21(2,3)20(23)24-22/h6-10H,11-12H2,1-3H3,(H2,23,24)/t22-/m0/s1. The fraction of sp³-hybridized carbons (Fsp3) is 0.318. The number of hydrogen-bond acceptors (Lipinski definition) is 5. The smallest absolute Gasteiger partial charge is 0.165 e. The number of amidine groups is 1. The molecule has 0 fully saturated rings. The first-order valence-corrected chi connectivity index (χ1v) is 11.6. The van der Waals surface area contributed by atoms with E-state index in [0.29, 0.717) is 6.42 Å². The van der Waals surface area contributed by atoms with E-state index in [4.69, 9.17) is 10.7 Å². The summed E-state index contributed by atoms with van der Waals surface area (Å²) in [5.41, 5.74) is 8.53. The molecule has 0 unspecified atom stereocenters. The lowest BCUT2D eigenvalue weighted by Gasteiger charge is -2.46. The summed E-state index contributed by atoms with van der Waals surface area (Å²) in [6.45, 7) is 5.11. The molecule has 0 saturated heterocycles. The van der Waals surface area contributed by atoms with Crippen LogP contribution >= 0.6 is 11.3 Å². The van der Waals surface area contributed by atoms with Gasteiger partial charge in [-0.1, -0.05) is 5.92 Å². The Hall–Kier alpha value is -2.36. The number of nitrogens with two attached hydrogens (primary N) is 1. The third-order valence-electron chi connectivity index (χ3n) is 6.11. The van der Waals surface area contributed by atoms with Crippen LogP contribution in [0.1, 0.15) is 37.5 Å². The maximum absolute atomic E-state index is 12.9. The fourth-order valence-corrected chi connectivity index (χ4v) is 7.06. The lowest BCUT2D eigenvalue weighted by Crippen LogP contribution is -2.58. The topological polar surface area (TPSA) is 72.5 Å². The van der Waals surface area contributed by atoms with Crippen LogP contribution in [0.3, 0.4) is 0 Å². The third kappa shape index (κ3) is 2.17. The molecule has 142 valence electrons. The van der Waals surface area contributed by atoms with Gasteiger partial charge in [-0.3, -0.25) is 4.99 Å². The zero-order valence-corrected chi connectivity index (χ0v) is 17.6. The first-order valence-electron chi connectivity index (χ1n) is 9.17. The second-order valence-corrected chi connectivity index (χ2v) is 11.8. The van der Waals surface area contributed by atoms with Crippen LogP contribution in [-0.2, 0) is 21.8 Å². The predicted molar refractivity (Wildman–Crippen MR) is 117 cm³/mol. The SMILES string of the molecule is CC#Cc1ccc2sc3cc4c(cc3c2c1)[C@]1(C4)CS(=O)(=O)C(C)(C)C(N)=N1. The zero-order chi connectivity index (χ0) is 19.9. The minimum absolute atomic E-state index is 0.0147. The highest BCUT2D eigenvalue weighted by Crippen LogP contribution is 2.50. The molecule has 1 atom stereocenters. The summed E-state index contributed by atoms with van der Waals surface area (Å²) < 4.78 is 27.1. The fourth-order valence-electron chi connectivity index (χ4n) is 4.25. The van der Waals surface area contributed by atoms with E-state index in [-0.39, 0.29) is 11.6 Å². The van der Waals surface area contributed by atoms with E-state index in [1.807, 2.05) is 13.0 Å². The molecule has 1 aliphatic carbocycles. The highest BCUT2D eigenvalue weighted by atomic mass is 32.2. The molecule has 2 N–H and O–H groups in total. The summed E-state index contributed by atoms with van der Waals surface area (Å²) in [4.78, 5) is 4.72. The van der Waals surface area contributed by atoms with Crippen molar-refractivity contribution in [3.63, 3.8) is 0 Å². The van der Waals surface area contributed by atoms with Crippen molar-refractivity contribution in [2.45, 2.75) is 37.5 Å². The van der Waals surface area contributed by atoms with E-state index in [1.165, 1.54) is 15.0 Å². The normalized spacial score (nSPS) is 24.3. The average Bonchev–Trinajstić information content (AvgIpc) is 2.96. The van der Waals surface area contributed by atoms with Crippen LogP contribution in [0.2, 0.25) is 0 Å². The Kier molecular flexibility index (Phi) is 3.40. The Bertz CT molecular complexity index is 1380. The molecule has 3 aromatic rings. The lowest BCUT2D eigenvalue weighted by molar-refractivity contribution is 0.414. The van der Waals surface area contributed by atoms with Gasteiger partial charge in [0.1, 0.15) is 16.1 Å². The molecule has 0 saturated carbocycles. The minimum Gasteiger partial charge on any atom is -0.386 e. The average molecular weight is 409 g/mol. The van der Waals surface area contributed by atoms with Crippen molar-refractivity contribution in [1.29, 1.82) is 0 Å². The highest BCUT2D eigenvalue weighted by Gasteiger charge is 2.55. The Morgan fingerprint density at radius 3 is 2.61 bits per heavy atom. The summed E-state index contributed by atoms with van der Waals surface area (Å²) in [5, 5.41) is 2.29. The maximum atomic E-state index is 12.9. The van der Waals surface area contributed by atoms with Crippen LogP contribution in [-0.4, -0.2) is 24.8 Å². The van der Waals surface area contributed by atoms with E-state index < -0.39 is 20.1 Å². The molecule has 5 rings (SSSR count). The van der Waals surface area contributed by atoms with Crippen LogP contribution in [0.5, 0.6) is 0 Å². The van der Waals surface area contributed by atoms with Gasteiger partial charge in [0.15, 0.2) is 9.84 Å². The Morgan fingerprint density at radius 1 is 1.14 bits per heavy atom. The predicted octanol–water partition coefficient (Wildman–Crippen LogP) is 3.74. The molecular formula is C22H20N2O2S2. The molecule has 2 aliphatic rings. The minimum atomic E-state index is -3.39. The van der Waals surface area contributed by atoms with Gasteiger partial charge in [-0.25, -0.2) is 8.42 Å². The van der Waals surface area contributed by atoms with Crippen molar-refractivity contribution >= 4 is 47.2 Å². The zero-order valence-electron chi connectivity index (χ0n) is 16.0. The van der Waals surface area contributed by atoms with Gasteiger partial charge in [0.2, 0.25) is 0 Å². The van der Waals surface area contributed by atoms with Crippen LogP contribution in [0.4, 0.5) is 0 Å². The molecule has 4 nitrogen and oxygen atoms in total. The second-order valence-electron chi connectivity index (χ2n) is 8.17. The van der Waals surface area contributed by atoms with E-state index in [9.17, 15) is 8.42 Å². The Morgan fingerprint density at radius 2 is 1.89 bits per heavy atom. The van der Waals surface area contributed by atoms with Crippen molar-refractivity contribution in [2.75, 3.05) is 5.75 Å². The second kappa shape index (κ2) is 5.37. The quantitative estimate of drug-likeness (QED) is 0.576. The van der Waals surface area contributed by atoms with Crippen molar-refractivity contribution in [3.05, 3.63) is 47.0 Å². The van der Waals surface area contributed by atoms with Gasteiger partial charge in [-0.15, -0.1) is 17.3 Å². The van der Waals surface area contributed by atoms with Crippen molar-refractivity contribution in [3.8, 4) is 11.8 Å². The summed E-state index contributed by atoms with van der Waals surface area (Å²) >= 11 is 1.75. The summed E-state index contributed by atoms with van der Waals surface area (Å²) in [6.07, 6.45) is 0.620. The van der Waals surface area contributed by atoms with Crippen LogP contribution in [0, 0.1) is 11.8 Å². The van der Waals surface area contributed by atoms with Gasteiger partial charge in [0.05, 0.1) is 5.75 Å². The molecule has 1 aromatic heterocycles. The van der Waals surface area contributed by atoms with E-state index in [2.05, 4.69) is 36.1 Å². The molecule has 0 bridgehead atoms. The number of rotatable bonds is 0. The lowest BCUT2D eigenvalue weighted by atomic mass is 9.71. The molecule has 0 radical (unpaired) electrons. The van der Waals surface area contributed by atoms with Gasteiger partial charge in [-0.05, 0) is 62.2 Å². The van der Waals surface area contributed by atoms with Crippen molar-refractivity contribution < 1.29 is 8.42 Å². The molecule has 28 heavy (non-hydrogen) atoms. The van der Waals surface area contributed by atoms with Crippen molar-refractivity contribution in [1.82, 2.24) is 0 Å². The summed E-state index contributed by atoms with van der Waals surface area (Å²) in [5.74, 6) is 6.28. The number of benzene rings is 2. The monoisotopic (exact) mass is 408 g/mol. The molecule has 2 aromatic carbocycles. The van der Waals surface area contributed by atoms with Gasteiger partial charge in [-0.2, -0.15) is 0 Å². The highest BCUT2D eigenvalue weighted by molar-refractivity contribution is 7.93. The van der Waals surface area contributed by atoms with E-state index in [1.54, 1.807) is 25.2 Å². The number of nitrogens with zero attached hydrogens (tertiary/aromatic N) is 1. The molecule has 1 aliphatic heterocycles. The summed E-state index contributed by atoms with van der Waals surface area (Å²) in [7, 11) is -3.39. The molecule has 0 amide bonds. The van der Waals surface area contributed by atoms with Gasteiger partial charge in [0.25, 0.3) is 0 Å². The van der Waals surface area contributed by atoms with Crippen LogP contribution < -0.4 is 5.73 Å². The van der Waals surface area contributed by atoms with Gasteiger partial charge < -0.3 is 5.73 Å². The van der Waals surface area contributed by atoms with E-state index >= 15 is 0 Å². The maximum Gasteiger partial charge on any atom is 0.165 e. The molecule has 1 spiro atoms. The molecule has 6 heteroatoms. The van der Waals surface area contributed by atoms with Crippen LogP contribution in [0.25, 0.3) is 20.2 Å². The number of hydrogen-bond donors (Lipinski definition) is 1. The Labute approximate surface area is 168 Å². The number of aliphatic imine (C=N–C) groups is 1. The van der Waals surface area contributed by atoms with Gasteiger partial charge >= 0.3 is 0 Å². The Balaban J connectivity index is 1.74. The number of fused-ring (bicyclic) bond motifs is 5. The first-order chi connectivity index (χ1) is 13.2. The molecule has 2 heterocycles.